The molecule has 0 aliphatic carbocycles. The minimum absolute atomic E-state index is 0.139. The molecule has 1 fully saturated rings. The van der Waals surface area contributed by atoms with Gasteiger partial charge in [-0.25, -0.2) is 4.98 Å². The number of rotatable bonds is 4. The largest absolute Gasteiger partial charge is 0.342 e. The third kappa shape index (κ3) is 4.01. The normalized spacial score (nSPS) is 18.8. The molecule has 0 unspecified atom stereocenters. The molecule has 0 saturated carbocycles. The van der Waals surface area contributed by atoms with Crippen LogP contribution < -0.4 is 0 Å². The Morgan fingerprint density at radius 1 is 1.46 bits per heavy atom. The lowest BCUT2D eigenvalue weighted by Gasteiger charge is -2.31. The van der Waals surface area contributed by atoms with Gasteiger partial charge in [0.25, 0.3) is 0 Å². The van der Waals surface area contributed by atoms with Crippen molar-refractivity contribution >= 4 is 17.2 Å². The van der Waals surface area contributed by atoms with Gasteiger partial charge >= 0.3 is 0 Å². The lowest BCUT2D eigenvalue weighted by Crippen LogP contribution is -2.39. The van der Waals surface area contributed by atoms with E-state index in [9.17, 15) is 4.79 Å². The highest BCUT2D eigenvalue weighted by Crippen LogP contribution is 2.28. The number of aryl methyl sites for hydroxylation is 1. The topological polar surface area (TPSA) is 72.1 Å². The van der Waals surface area contributed by atoms with E-state index in [1.165, 1.54) is 0 Å². The fraction of sp³-hybridized carbons (Fsp3) is 0.647. The van der Waals surface area contributed by atoms with E-state index in [1.807, 2.05) is 37.2 Å². The zero-order valence-corrected chi connectivity index (χ0v) is 15.3. The molecule has 0 radical (unpaired) electrons. The number of carbonyl (C=O) groups is 1. The van der Waals surface area contributed by atoms with Crippen LogP contribution in [0.15, 0.2) is 16.1 Å². The monoisotopic (exact) mass is 348 g/mol. The molecular formula is C17H24N4O2S. The Kier molecular flexibility index (Phi) is 4.99. The van der Waals surface area contributed by atoms with E-state index >= 15 is 0 Å². The first-order chi connectivity index (χ1) is 11.4. The molecule has 6 nitrogen and oxygen atoms in total. The Labute approximate surface area is 146 Å². The maximum Gasteiger partial charge on any atom is 0.227 e. The molecule has 3 heterocycles. The predicted octanol–water partition coefficient (Wildman–Crippen LogP) is 3.16. The summed E-state index contributed by atoms with van der Waals surface area (Å²) in [5, 5.41) is 7.14. The van der Waals surface area contributed by atoms with Gasteiger partial charge in [0, 0.05) is 48.8 Å². The molecule has 2 aromatic rings. The van der Waals surface area contributed by atoms with E-state index in [1.54, 1.807) is 11.3 Å². The summed E-state index contributed by atoms with van der Waals surface area (Å²) in [6, 6.07) is 0. The fourth-order valence-electron chi connectivity index (χ4n) is 2.87. The number of hydrogen-bond donors (Lipinski definition) is 0. The minimum Gasteiger partial charge on any atom is -0.342 e. The molecule has 0 bridgehead atoms. The van der Waals surface area contributed by atoms with Gasteiger partial charge in [-0.2, -0.15) is 4.98 Å². The predicted molar refractivity (Wildman–Crippen MR) is 92.0 cm³/mol. The van der Waals surface area contributed by atoms with Crippen LogP contribution in [-0.4, -0.2) is 39.0 Å². The Bertz CT molecular complexity index is 675. The second-order valence-corrected chi connectivity index (χ2v) is 8.24. The Hall–Kier alpha value is -1.76. The summed E-state index contributed by atoms with van der Waals surface area (Å²) in [6.45, 7) is 7.72. The highest BCUT2D eigenvalue weighted by atomic mass is 32.1. The van der Waals surface area contributed by atoms with Crippen molar-refractivity contribution in [1.82, 2.24) is 20.0 Å². The van der Waals surface area contributed by atoms with Crippen LogP contribution in [0.1, 0.15) is 62.7 Å². The van der Waals surface area contributed by atoms with Crippen molar-refractivity contribution in [3.8, 4) is 0 Å². The van der Waals surface area contributed by atoms with Crippen LogP contribution in [-0.2, 0) is 16.6 Å². The summed E-state index contributed by atoms with van der Waals surface area (Å²) in [4.78, 5) is 23.3. The molecule has 1 aliphatic heterocycles. The van der Waals surface area contributed by atoms with Crippen molar-refractivity contribution < 1.29 is 9.32 Å². The molecule has 3 rings (SSSR count). The Balaban J connectivity index is 1.54. The number of aromatic nitrogens is 3. The SMILES string of the molecule is CC(C)(C)c1noc(CCC(=O)N2CCC[C@@H](c3nccs3)C2)n1. The summed E-state index contributed by atoms with van der Waals surface area (Å²) in [5.74, 6) is 1.76. The summed E-state index contributed by atoms with van der Waals surface area (Å²) in [7, 11) is 0. The molecule has 0 aromatic carbocycles. The van der Waals surface area contributed by atoms with Gasteiger partial charge in [-0.1, -0.05) is 25.9 Å². The van der Waals surface area contributed by atoms with Crippen molar-refractivity contribution in [3.63, 3.8) is 0 Å². The second-order valence-electron chi connectivity index (χ2n) is 7.31. The summed E-state index contributed by atoms with van der Waals surface area (Å²) < 4.78 is 5.27. The van der Waals surface area contributed by atoms with Crippen LogP contribution in [0.4, 0.5) is 0 Å². The van der Waals surface area contributed by atoms with Crippen LogP contribution >= 0.6 is 11.3 Å². The first-order valence-corrected chi connectivity index (χ1v) is 9.31. The van der Waals surface area contributed by atoms with E-state index < -0.39 is 0 Å². The average Bonchev–Trinajstić information content (AvgIpc) is 3.23. The number of amides is 1. The number of nitrogens with zero attached hydrogens (tertiary/aromatic N) is 4. The highest BCUT2D eigenvalue weighted by molar-refractivity contribution is 7.09. The van der Waals surface area contributed by atoms with Crippen LogP contribution in [0.5, 0.6) is 0 Å². The lowest BCUT2D eigenvalue weighted by molar-refractivity contribution is -0.132. The van der Waals surface area contributed by atoms with E-state index in [2.05, 4.69) is 15.1 Å². The first kappa shape index (κ1) is 17.1. The quantitative estimate of drug-likeness (QED) is 0.848. The van der Waals surface area contributed by atoms with Gasteiger partial charge in [-0.15, -0.1) is 11.3 Å². The molecule has 24 heavy (non-hydrogen) atoms. The molecule has 0 N–H and O–H groups in total. The molecule has 130 valence electrons. The van der Waals surface area contributed by atoms with E-state index in [0.717, 1.165) is 30.9 Å². The molecule has 0 spiro atoms. The number of hydrogen-bond acceptors (Lipinski definition) is 6. The Morgan fingerprint density at radius 3 is 2.96 bits per heavy atom. The van der Waals surface area contributed by atoms with Gasteiger partial charge in [0.05, 0.1) is 5.01 Å². The lowest BCUT2D eigenvalue weighted by atomic mass is 9.96. The second kappa shape index (κ2) is 7.01. The van der Waals surface area contributed by atoms with Crippen LogP contribution in [0.3, 0.4) is 0 Å². The third-order valence-corrected chi connectivity index (χ3v) is 5.20. The number of piperidine rings is 1. The maximum absolute atomic E-state index is 12.5. The molecular weight excluding hydrogens is 324 g/mol. The summed E-state index contributed by atoms with van der Waals surface area (Å²) in [6.07, 6.45) is 4.89. The van der Waals surface area contributed by atoms with Crippen molar-refractivity contribution in [2.24, 2.45) is 0 Å². The maximum atomic E-state index is 12.5. The fourth-order valence-corrected chi connectivity index (χ4v) is 3.64. The van der Waals surface area contributed by atoms with Crippen LogP contribution in [0.25, 0.3) is 0 Å². The first-order valence-electron chi connectivity index (χ1n) is 8.43. The van der Waals surface area contributed by atoms with Crippen molar-refractivity contribution in [3.05, 3.63) is 28.3 Å². The summed E-state index contributed by atoms with van der Waals surface area (Å²) >= 11 is 1.68. The molecule has 1 aliphatic rings. The highest BCUT2D eigenvalue weighted by Gasteiger charge is 2.26. The average molecular weight is 348 g/mol. The van der Waals surface area contributed by atoms with Gasteiger partial charge in [-0.3, -0.25) is 4.79 Å². The molecule has 7 heteroatoms. The molecule has 1 saturated heterocycles. The standard InChI is InChI=1S/C17H24N4O2S/c1-17(2,3)16-19-13(23-20-16)6-7-14(22)21-9-4-5-12(11-21)15-18-8-10-24-15/h8,10,12H,4-7,9,11H2,1-3H3/t12-/m1/s1. The van der Waals surface area contributed by atoms with Gasteiger partial charge in [-0.05, 0) is 12.8 Å². The van der Waals surface area contributed by atoms with E-state index in [4.69, 9.17) is 4.52 Å². The molecule has 2 aromatic heterocycles. The van der Waals surface area contributed by atoms with Crippen molar-refractivity contribution in [1.29, 1.82) is 0 Å². The minimum atomic E-state index is -0.139. The van der Waals surface area contributed by atoms with Crippen LogP contribution in [0.2, 0.25) is 0 Å². The zero-order chi connectivity index (χ0) is 17.2. The van der Waals surface area contributed by atoms with Gasteiger partial charge in [0.2, 0.25) is 11.8 Å². The Morgan fingerprint density at radius 2 is 2.29 bits per heavy atom. The van der Waals surface area contributed by atoms with Gasteiger partial charge in [0.15, 0.2) is 5.82 Å². The van der Waals surface area contributed by atoms with Crippen LogP contribution in [0, 0.1) is 0 Å². The molecule has 1 amide bonds. The van der Waals surface area contributed by atoms with Crippen molar-refractivity contribution in [2.45, 2.75) is 57.8 Å². The van der Waals surface area contributed by atoms with Crippen molar-refractivity contribution in [2.75, 3.05) is 13.1 Å². The van der Waals surface area contributed by atoms with E-state index in [0.29, 0.717) is 30.5 Å². The summed E-state index contributed by atoms with van der Waals surface area (Å²) in [5.41, 5.74) is -0.139. The van der Waals surface area contributed by atoms with E-state index in [-0.39, 0.29) is 11.3 Å². The zero-order valence-electron chi connectivity index (χ0n) is 14.5. The smallest absolute Gasteiger partial charge is 0.227 e. The van der Waals surface area contributed by atoms with Gasteiger partial charge < -0.3 is 9.42 Å². The number of carbonyl (C=O) groups excluding carboxylic acids is 1. The molecule has 1 atom stereocenters. The third-order valence-electron chi connectivity index (χ3n) is 4.27. The number of likely N-dealkylation sites (tertiary alicyclic amines) is 1. The number of thiazole rings is 1. The van der Waals surface area contributed by atoms with Gasteiger partial charge in [0.1, 0.15) is 0 Å².